The van der Waals surface area contributed by atoms with E-state index >= 15 is 0 Å². The van der Waals surface area contributed by atoms with Crippen molar-refractivity contribution in [3.63, 3.8) is 0 Å². The summed E-state index contributed by atoms with van der Waals surface area (Å²) in [6.07, 6.45) is 1.70. The molecule has 0 radical (unpaired) electrons. The second kappa shape index (κ2) is 6.52. The van der Waals surface area contributed by atoms with Crippen LogP contribution >= 0.6 is 0 Å². The molecule has 0 saturated carbocycles. The van der Waals surface area contributed by atoms with E-state index in [9.17, 15) is 0 Å². The van der Waals surface area contributed by atoms with Gasteiger partial charge in [-0.25, -0.2) is 4.98 Å². The molecule has 1 aromatic heterocycles. The Hall–Kier alpha value is -2.82. The summed E-state index contributed by atoms with van der Waals surface area (Å²) >= 11 is 0. The fourth-order valence-corrected chi connectivity index (χ4v) is 2.47. The van der Waals surface area contributed by atoms with Crippen LogP contribution in [0.3, 0.4) is 0 Å². The Morgan fingerprint density at radius 1 is 0.957 bits per heavy atom. The van der Waals surface area contributed by atoms with Crippen molar-refractivity contribution in [3.8, 4) is 11.6 Å². The normalized spacial score (nSPS) is 10.6. The summed E-state index contributed by atoms with van der Waals surface area (Å²) in [6, 6.07) is 14.2. The summed E-state index contributed by atoms with van der Waals surface area (Å²) < 4.78 is 10.4. The Morgan fingerprint density at radius 3 is 2.52 bits per heavy atom. The highest BCUT2D eigenvalue weighted by Crippen LogP contribution is 2.23. The molecular weight excluding hydrogens is 290 g/mol. The first-order valence-corrected chi connectivity index (χ1v) is 7.34. The van der Waals surface area contributed by atoms with Crippen molar-refractivity contribution in [2.45, 2.75) is 6.54 Å². The lowest BCUT2D eigenvalue weighted by atomic mass is 10.1. The minimum Gasteiger partial charge on any atom is -0.497 e. The summed E-state index contributed by atoms with van der Waals surface area (Å²) in [5.74, 6) is 2.07. The third-order valence-electron chi connectivity index (χ3n) is 3.70. The maximum atomic E-state index is 5.26. The topological polar surface area (TPSA) is 47.5 Å². The quantitative estimate of drug-likeness (QED) is 0.724. The van der Waals surface area contributed by atoms with E-state index < -0.39 is 0 Å². The second-order valence-corrected chi connectivity index (χ2v) is 5.30. The monoisotopic (exact) mass is 309 g/mol. The number of ether oxygens (including phenoxy) is 2. The molecule has 5 heteroatoms. The number of hydrogen-bond acceptors (Lipinski definition) is 5. The van der Waals surface area contributed by atoms with E-state index in [1.54, 1.807) is 26.5 Å². The van der Waals surface area contributed by atoms with Crippen molar-refractivity contribution in [2.75, 3.05) is 26.2 Å². The van der Waals surface area contributed by atoms with Gasteiger partial charge in [0, 0.05) is 25.9 Å². The van der Waals surface area contributed by atoms with Gasteiger partial charge in [0.2, 0.25) is 11.8 Å². The van der Waals surface area contributed by atoms with Crippen molar-refractivity contribution in [1.82, 2.24) is 9.97 Å². The van der Waals surface area contributed by atoms with E-state index in [4.69, 9.17) is 9.47 Å². The SMILES string of the molecule is COc1ccc2cc(CN(C)c3nccc(OC)n3)ccc2c1. The molecule has 0 N–H and O–H groups in total. The Bertz CT molecular complexity index is 820. The van der Waals surface area contributed by atoms with Gasteiger partial charge in [-0.3, -0.25) is 0 Å². The van der Waals surface area contributed by atoms with Gasteiger partial charge in [0.25, 0.3) is 0 Å². The van der Waals surface area contributed by atoms with Crippen molar-refractivity contribution in [3.05, 3.63) is 54.2 Å². The lowest BCUT2D eigenvalue weighted by Crippen LogP contribution is -2.19. The molecule has 0 bridgehead atoms. The zero-order valence-electron chi connectivity index (χ0n) is 13.5. The first kappa shape index (κ1) is 15.1. The maximum absolute atomic E-state index is 5.26. The van der Waals surface area contributed by atoms with E-state index in [0.29, 0.717) is 11.8 Å². The van der Waals surface area contributed by atoms with Crippen LogP contribution in [-0.2, 0) is 6.54 Å². The predicted octanol–water partition coefficient (Wildman–Crippen LogP) is 3.28. The fourth-order valence-electron chi connectivity index (χ4n) is 2.47. The summed E-state index contributed by atoms with van der Waals surface area (Å²) in [6.45, 7) is 0.717. The van der Waals surface area contributed by atoms with Crippen molar-refractivity contribution >= 4 is 16.7 Å². The lowest BCUT2D eigenvalue weighted by molar-refractivity contribution is 0.397. The molecular formula is C18H19N3O2. The van der Waals surface area contributed by atoms with Crippen molar-refractivity contribution in [1.29, 1.82) is 0 Å². The van der Waals surface area contributed by atoms with Crippen LogP contribution < -0.4 is 14.4 Å². The molecule has 2 aromatic carbocycles. The molecule has 0 fully saturated rings. The van der Waals surface area contributed by atoms with Crippen molar-refractivity contribution < 1.29 is 9.47 Å². The van der Waals surface area contributed by atoms with Gasteiger partial charge in [-0.05, 0) is 34.5 Å². The molecule has 0 aliphatic heterocycles. The zero-order valence-corrected chi connectivity index (χ0v) is 13.5. The summed E-state index contributed by atoms with van der Waals surface area (Å²) in [5.41, 5.74) is 1.19. The van der Waals surface area contributed by atoms with E-state index in [2.05, 4.69) is 34.2 Å². The summed E-state index contributed by atoms with van der Waals surface area (Å²) in [7, 11) is 5.25. The summed E-state index contributed by atoms with van der Waals surface area (Å²) in [4.78, 5) is 10.6. The molecule has 3 rings (SSSR count). The first-order valence-electron chi connectivity index (χ1n) is 7.34. The molecule has 5 nitrogen and oxygen atoms in total. The molecule has 3 aromatic rings. The standard InChI is InChI=1S/C18H19N3O2/c1-21(18-19-9-8-17(20-18)23-3)12-13-4-5-15-11-16(22-2)7-6-14(15)10-13/h4-11H,12H2,1-3H3. The van der Waals surface area contributed by atoms with E-state index in [1.807, 2.05) is 24.1 Å². The first-order chi connectivity index (χ1) is 11.2. The van der Waals surface area contributed by atoms with Gasteiger partial charge in [-0.15, -0.1) is 0 Å². The highest BCUT2D eigenvalue weighted by Gasteiger charge is 2.07. The Labute approximate surface area is 135 Å². The Kier molecular flexibility index (Phi) is 4.28. The summed E-state index contributed by atoms with van der Waals surface area (Å²) in [5, 5.41) is 2.34. The van der Waals surface area contributed by atoms with Crippen molar-refractivity contribution in [2.24, 2.45) is 0 Å². The highest BCUT2D eigenvalue weighted by atomic mass is 16.5. The maximum Gasteiger partial charge on any atom is 0.228 e. The minimum absolute atomic E-state index is 0.562. The molecule has 118 valence electrons. The molecule has 23 heavy (non-hydrogen) atoms. The van der Waals surface area contributed by atoms with Crippen LogP contribution in [-0.4, -0.2) is 31.2 Å². The Balaban J connectivity index is 1.82. The molecule has 0 atom stereocenters. The predicted molar refractivity (Wildman–Crippen MR) is 91.2 cm³/mol. The fraction of sp³-hybridized carbons (Fsp3) is 0.222. The second-order valence-electron chi connectivity index (χ2n) is 5.30. The van der Waals surface area contributed by atoms with Gasteiger partial charge in [-0.1, -0.05) is 18.2 Å². The van der Waals surface area contributed by atoms with Gasteiger partial charge < -0.3 is 14.4 Å². The minimum atomic E-state index is 0.562. The number of fused-ring (bicyclic) bond motifs is 1. The highest BCUT2D eigenvalue weighted by molar-refractivity contribution is 5.84. The third kappa shape index (κ3) is 3.34. The number of hydrogen-bond donors (Lipinski definition) is 0. The molecule has 0 amide bonds. The van der Waals surface area contributed by atoms with Crippen LogP contribution in [0.1, 0.15) is 5.56 Å². The van der Waals surface area contributed by atoms with Gasteiger partial charge in [0.15, 0.2) is 0 Å². The number of nitrogens with zero attached hydrogens (tertiary/aromatic N) is 3. The number of benzene rings is 2. The Morgan fingerprint density at radius 2 is 1.74 bits per heavy atom. The van der Waals surface area contributed by atoms with Gasteiger partial charge in [-0.2, -0.15) is 4.98 Å². The zero-order chi connectivity index (χ0) is 16.2. The van der Waals surface area contributed by atoms with E-state index in [1.165, 1.54) is 10.9 Å². The lowest BCUT2D eigenvalue weighted by Gasteiger charge is -2.17. The average molecular weight is 309 g/mol. The van der Waals surface area contributed by atoms with Crippen LogP contribution in [0.15, 0.2) is 48.7 Å². The van der Waals surface area contributed by atoms with Crippen LogP contribution in [0, 0.1) is 0 Å². The van der Waals surface area contributed by atoms with Gasteiger partial charge in [0.1, 0.15) is 5.75 Å². The molecule has 0 unspecified atom stereocenters. The molecule has 0 saturated heterocycles. The van der Waals surface area contributed by atoms with E-state index in [0.717, 1.165) is 17.7 Å². The molecule has 0 spiro atoms. The number of anilines is 1. The third-order valence-corrected chi connectivity index (χ3v) is 3.70. The average Bonchev–Trinajstić information content (AvgIpc) is 2.61. The number of aromatic nitrogens is 2. The molecule has 0 aliphatic carbocycles. The smallest absolute Gasteiger partial charge is 0.228 e. The van der Waals surface area contributed by atoms with Gasteiger partial charge >= 0.3 is 0 Å². The van der Waals surface area contributed by atoms with E-state index in [-0.39, 0.29) is 0 Å². The van der Waals surface area contributed by atoms with Crippen LogP contribution in [0.25, 0.3) is 10.8 Å². The molecule has 1 heterocycles. The van der Waals surface area contributed by atoms with Crippen LogP contribution in [0.5, 0.6) is 11.6 Å². The largest absolute Gasteiger partial charge is 0.497 e. The number of rotatable bonds is 5. The van der Waals surface area contributed by atoms with Crippen LogP contribution in [0.4, 0.5) is 5.95 Å². The number of methoxy groups -OCH3 is 2. The van der Waals surface area contributed by atoms with Gasteiger partial charge in [0.05, 0.1) is 14.2 Å². The molecule has 0 aliphatic rings. The van der Waals surface area contributed by atoms with Crippen LogP contribution in [0.2, 0.25) is 0 Å².